The van der Waals surface area contributed by atoms with Crippen LogP contribution >= 0.6 is 15.6 Å². The lowest BCUT2D eigenvalue weighted by atomic mass is 9.95. The number of amides is 3. The summed E-state index contributed by atoms with van der Waals surface area (Å²) in [6.07, 6.45) is 24.9. The molecule has 2 aliphatic rings. The van der Waals surface area contributed by atoms with E-state index in [1.807, 2.05) is 0 Å². The maximum Gasteiger partial charge on any atom is 0.470 e. The van der Waals surface area contributed by atoms with Crippen molar-refractivity contribution in [2.24, 2.45) is 0 Å². The van der Waals surface area contributed by atoms with Gasteiger partial charge in [0.15, 0.2) is 24.7 Å². The molecule has 2 aliphatic heterocycles. The van der Waals surface area contributed by atoms with Crippen molar-refractivity contribution >= 4 is 63.2 Å². The molecule has 14 atom stereocenters. The van der Waals surface area contributed by atoms with Gasteiger partial charge in [-0.2, -0.15) is 0 Å². The molecule has 0 bridgehead atoms. The number of aliphatic hydroxyl groups is 2. The number of phosphoric acid groups is 2. The minimum Gasteiger partial charge on any atom is -0.480 e. The first-order chi connectivity index (χ1) is 58.1. The Labute approximate surface area is 725 Å². The first kappa shape index (κ1) is 113. The molecule has 2 heterocycles. The molecule has 10 N–H and O–H groups in total. The lowest BCUT2D eigenvalue weighted by molar-refractivity contribution is -0.303. The Bertz CT molecular complexity index is 2820. The number of hydrogen-bond acceptors (Lipinski definition) is 22. The molecule has 10 unspecified atom stereocenters. The number of phosphoric ester groups is 2. The zero-order valence-corrected chi connectivity index (χ0v) is 77.0. The summed E-state index contributed by atoms with van der Waals surface area (Å²) in [4.78, 5) is 154. The fourth-order valence-electron chi connectivity index (χ4n) is 15.5. The SMILES string of the molecule is CCCCCCCCCCC[C@H](CC(=O)NC1C(OC[C@H](NC(=O)C[C@@H](CCCCCCCCCCC)OC(=O)CCCCCCCCC)C(=O)O)OC(COC2OC(COP(=O)(O)O)C(O)C(O)C2NC(C)=O)C(OP(=O)(O)O)C1OC(=O)C[C@@H](CCCCCCCCCCC)OC(=O)CCCCCCCCC)OC(=O)CCCCCCCCC. The van der Waals surface area contributed by atoms with Crippen LogP contribution in [-0.4, -0.2) is 188 Å². The Morgan fingerprint density at radius 2 is 0.711 bits per heavy atom. The number of ether oxygens (including phenoxy) is 8. The number of rotatable bonds is 79. The van der Waals surface area contributed by atoms with E-state index in [-0.39, 0.29) is 38.5 Å². The van der Waals surface area contributed by atoms with Gasteiger partial charge in [0.1, 0.15) is 60.9 Å². The number of esters is 4. The Morgan fingerprint density at radius 3 is 1.07 bits per heavy atom. The molecular weight excluding hydrogens is 1600 g/mol. The molecule has 2 rings (SSSR count). The maximum absolute atomic E-state index is 15.3. The van der Waals surface area contributed by atoms with E-state index in [1.165, 1.54) is 0 Å². The van der Waals surface area contributed by atoms with E-state index >= 15 is 9.59 Å². The summed E-state index contributed by atoms with van der Waals surface area (Å²) in [5.41, 5.74) is 0. The fraction of sp³-hybridized carbons (Fsp3) is 0.910. The average Bonchev–Trinajstić information content (AvgIpc) is 0.774. The van der Waals surface area contributed by atoms with Crippen molar-refractivity contribution in [1.82, 2.24) is 16.0 Å². The van der Waals surface area contributed by atoms with Crippen LogP contribution in [0.15, 0.2) is 0 Å². The quantitative estimate of drug-likeness (QED) is 0.0117. The van der Waals surface area contributed by atoms with Crippen molar-refractivity contribution in [3.8, 4) is 0 Å². The van der Waals surface area contributed by atoms with Gasteiger partial charge in [0.25, 0.3) is 0 Å². The van der Waals surface area contributed by atoms with Crippen molar-refractivity contribution in [3.63, 3.8) is 0 Å². The molecule has 0 radical (unpaired) electrons. The number of carboxylic acids is 1. The third-order valence-corrected chi connectivity index (χ3v) is 23.4. The number of aliphatic carboxylic acids is 1. The molecule has 30 nitrogen and oxygen atoms in total. The van der Waals surface area contributed by atoms with Crippen LogP contribution in [0.5, 0.6) is 0 Å². The number of carbonyl (C=O) groups is 8. The molecule has 121 heavy (non-hydrogen) atoms. The van der Waals surface area contributed by atoms with Crippen molar-refractivity contribution < 1.29 is 129 Å². The number of aliphatic hydroxyl groups excluding tert-OH is 2. The first-order valence-electron chi connectivity index (χ1n) is 47.3. The Hall–Kier alpha value is -4.26. The third-order valence-electron chi connectivity index (χ3n) is 22.4. The predicted molar refractivity (Wildman–Crippen MR) is 462 cm³/mol. The van der Waals surface area contributed by atoms with E-state index in [1.54, 1.807) is 0 Å². The van der Waals surface area contributed by atoms with E-state index in [4.69, 9.17) is 42.4 Å². The second-order valence-electron chi connectivity index (χ2n) is 33.7. The molecule has 0 aromatic carbocycles. The number of unbranched alkanes of at least 4 members (excludes halogenated alkanes) is 42. The van der Waals surface area contributed by atoms with Crippen LogP contribution in [0.3, 0.4) is 0 Å². The van der Waals surface area contributed by atoms with Gasteiger partial charge in [0.2, 0.25) is 17.7 Å². The van der Waals surface area contributed by atoms with Gasteiger partial charge in [-0.1, -0.05) is 311 Å². The van der Waals surface area contributed by atoms with Crippen molar-refractivity contribution in [2.45, 2.75) is 500 Å². The van der Waals surface area contributed by atoms with Crippen molar-refractivity contribution in [2.75, 3.05) is 19.8 Å². The van der Waals surface area contributed by atoms with Gasteiger partial charge in [-0.3, -0.25) is 42.6 Å². The van der Waals surface area contributed by atoms with Gasteiger partial charge >= 0.3 is 45.5 Å². The highest BCUT2D eigenvalue weighted by Crippen LogP contribution is 2.43. The molecule has 3 amide bonds. The van der Waals surface area contributed by atoms with E-state index in [0.29, 0.717) is 44.9 Å². The molecule has 0 aliphatic carbocycles. The highest BCUT2D eigenvalue weighted by molar-refractivity contribution is 7.46. The summed E-state index contributed by atoms with van der Waals surface area (Å²) >= 11 is 0. The van der Waals surface area contributed by atoms with E-state index < -0.39 is 188 Å². The van der Waals surface area contributed by atoms with Crippen LogP contribution in [-0.2, 0) is 94.4 Å². The number of carbonyl (C=O) groups excluding carboxylic acids is 7. The molecule has 0 saturated carbocycles. The molecular formula is C89H165N3O27P2. The summed E-state index contributed by atoms with van der Waals surface area (Å²) in [5, 5.41) is 41.4. The van der Waals surface area contributed by atoms with Crippen molar-refractivity contribution in [1.29, 1.82) is 0 Å². The van der Waals surface area contributed by atoms with Crippen LogP contribution in [0.4, 0.5) is 0 Å². The topological polar surface area (TPSA) is 441 Å². The van der Waals surface area contributed by atoms with Gasteiger partial charge in [0.05, 0.1) is 39.1 Å². The van der Waals surface area contributed by atoms with Crippen LogP contribution < -0.4 is 16.0 Å². The Kier molecular flexibility index (Phi) is 66.0. The maximum atomic E-state index is 15.3. The number of hydrogen-bond donors (Lipinski definition) is 10. The zero-order chi connectivity index (χ0) is 89.3. The Balaban J connectivity index is 3.02. The smallest absolute Gasteiger partial charge is 0.470 e. The lowest BCUT2D eigenvalue weighted by Crippen LogP contribution is -2.68. The van der Waals surface area contributed by atoms with Crippen LogP contribution in [0.2, 0.25) is 0 Å². The second kappa shape index (κ2) is 70.8. The summed E-state index contributed by atoms with van der Waals surface area (Å²) < 4.78 is 85.4. The Morgan fingerprint density at radius 1 is 0.372 bits per heavy atom. The molecule has 32 heteroatoms. The molecule has 0 aromatic rings. The molecule has 0 spiro atoms. The van der Waals surface area contributed by atoms with E-state index in [0.717, 1.165) is 270 Å². The first-order valence-corrected chi connectivity index (χ1v) is 50.3. The van der Waals surface area contributed by atoms with Crippen LogP contribution in [0, 0.1) is 0 Å². The van der Waals surface area contributed by atoms with Gasteiger partial charge in [-0.25, -0.2) is 13.9 Å². The largest absolute Gasteiger partial charge is 0.480 e. The third kappa shape index (κ3) is 58.0. The predicted octanol–water partition coefficient (Wildman–Crippen LogP) is 17.3. The molecule has 708 valence electrons. The number of nitrogens with one attached hydrogen (secondary N) is 3. The summed E-state index contributed by atoms with van der Waals surface area (Å²) in [6.45, 7) is 10.7. The monoisotopic (exact) mass is 1770 g/mol. The molecule has 2 saturated heterocycles. The highest BCUT2D eigenvalue weighted by Gasteiger charge is 2.54. The van der Waals surface area contributed by atoms with Crippen LogP contribution in [0.25, 0.3) is 0 Å². The normalized spacial score (nSPS) is 20.4. The summed E-state index contributed by atoms with van der Waals surface area (Å²) in [6, 6.07) is -5.73. The summed E-state index contributed by atoms with van der Waals surface area (Å²) in [7, 11) is -11.2. The van der Waals surface area contributed by atoms with Gasteiger partial charge in [0, 0.05) is 26.2 Å². The van der Waals surface area contributed by atoms with E-state index in [2.05, 4.69) is 62.0 Å². The van der Waals surface area contributed by atoms with Gasteiger partial charge < -0.3 is 88.7 Å². The summed E-state index contributed by atoms with van der Waals surface area (Å²) in [5.74, 6) is -7.08. The van der Waals surface area contributed by atoms with Crippen LogP contribution in [0.1, 0.15) is 414 Å². The lowest BCUT2D eigenvalue weighted by Gasteiger charge is -2.47. The van der Waals surface area contributed by atoms with Gasteiger partial charge in [-0.05, 0) is 57.8 Å². The van der Waals surface area contributed by atoms with E-state index in [9.17, 15) is 72.8 Å². The molecule has 0 aromatic heterocycles. The second-order valence-corrected chi connectivity index (χ2v) is 36.2. The van der Waals surface area contributed by atoms with Gasteiger partial charge in [-0.15, -0.1) is 0 Å². The molecule has 2 fully saturated rings. The average molecular weight is 1770 g/mol. The minimum atomic E-state index is -5.89. The minimum absolute atomic E-state index is 0.0318. The number of carboxylic acid groups (broad SMARTS) is 1. The van der Waals surface area contributed by atoms with Crippen molar-refractivity contribution in [3.05, 3.63) is 0 Å². The standard InChI is InChI=1S/C89H165N3O27P2/c1-8-14-20-26-32-35-41-44-50-56-69(113-77(96)59-53-47-38-29-23-17-11-4)62-75(94)91-72(87(102)103)65-110-89-82(92-76(95)63-70(57-51-45-42-36-33-27-21-15-9-2)114-78(97)60-54-48-39-30-24-18-12-5)86(118-80(99)64-71(58-52-46-43-37-34-28-22-16-10-3)115-79(98)61-55-49-40-31-25-19-13-6)85(119-121(107,108)109)74(117-89)66-111-88-81(90-68(7)93)84(101)83(100)73(116-88)67-112-120(104,105)106/h69-74,81-86,88-89,100-101H,8-67H2,1-7H3,(H,90,93)(H,91,94)(H,92,95)(H,102,103)(H2,104,105,106)(H2,107,108,109)/t69-,70-,71-,72+,73?,74?,81?,82?,83?,84?,85?,86?,88?,89?/m1/s1. The fourth-order valence-corrected chi connectivity index (χ4v) is 16.4. The highest BCUT2D eigenvalue weighted by atomic mass is 31.2. The zero-order valence-electron chi connectivity index (χ0n) is 75.2.